The van der Waals surface area contributed by atoms with Crippen molar-refractivity contribution in [3.8, 4) is 0 Å². The largest absolute Gasteiger partial charge is 0.387 e. The monoisotopic (exact) mass is 205 g/mol. The first-order chi connectivity index (χ1) is 7.24. The van der Waals surface area contributed by atoms with E-state index in [-0.39, 0.29) is 0 Å². The summed E-state index contributed by atoms with van der Waals surface area (Å²) < 4.78 is 1.91. The normalized spacial score (nSPS) is 13.3. The van der Waals surface area contributed by atoms with Crippen molar-refractivity contribution in [3.05, 3.63) is 35.8 Å². The van der Waals surface area contributed by atoms with Crippen LogP contribution in [0.4, 0.5) is 0 Å². The van der Waals surface area contributed by atoms with E-state index in [4.69, 9.17) is 5.73 Å². The van der Waals surface area contributed by atoms with Crippen molar-refractivity contribution < 1.29 is 5.11 Å². The minimum Gasteiger partial charge on any atom is -0.387 e. The van der Waals surface area contributed by atoms with Crippen molar-refractivity contribution in [1.29, 1.82) is 0 Å². The molecule has 0 saturated carbocycles. The van der Waals surface area contributed by atoms with Crippen LogP contribution in [0.2, 0.25) is 0 Å². The first-order valence-corrected chi connectivity index (χ1v) is 5.05. The second-order valence-electron chi connectivity index (χ2n) is 3.60. The molecule has 0 aliphatic rings. The summed E-state index contributed by atoms with van der Waals surface area (Å²) in [7, 11) is 0. The predicted molar refractivity (Wildman–Crippen MR) is 58.6 cm³/mol. The van der Waals surface area contributed by atoms with Crippen LogP contribution in [-0.2, 0) is 0 Å². The third-order valence-corrected chi connectivity index (χ3v) is 2.51. The molecule has 0 saturated heterocycles. The van der Waals surface area contributed by atoms with Crippen molar-refractivity contribution in [2.75, 3.05) is 6.54 Å². The van der Waals surface area contributed by atoms with Gasteiger partial charge in [-0.1, -0.05) is 6.07 Å². The van der Waals surface area contributed by atoms with E-state index in [2.05, 4.69) is 4.98 Å². The minimum absolute atomic E-state index is 0.473. The molecule has 3 N–H and O–H groups in total. The Kier molecular flexibility index (Phi) is 2.70. The lowest BCUT2D eigenvalue weighted by atomic mass is 10.1. The average molecular weight is 205 g/mol. The summed E-state index contributed by atoms with van der Waals surface area (Å²) in [4.78, 5) is 4.38. The Hall–Kier alpha value is -1.39. The molecule has 2 aromatic heterocycles. The molecule has 2 aromatic rings. The number of aliphatic hydroxyl groups excluding tert-OH is 1. The van der Waals surface area contributed by atoms with Crippen LogP contribution in [0.3, 0.4) is 0 Å². The molecule has 15 heavy (non-hydrogen) atoms. The van der Waals surface area contributed by atoms with Gasteiger partial charge in [-0.3, -0.25) is 0 Å². The van der Waals surface area contributed by atoms with Gasteiger partial charge in [0.25, 0.3) is 0 Å². The van der Waals surface area contributed by atoms with Gasteiger partial charge in [-0.15, -0.1) is 0 Å². The van der Waals surface area contributed by atoms with Gasteiger partial charge in [0, 0.05) is 6.20 Å². The van der Waals surface area contributed by atoms with E-state index in [1.54, 1.807) is 0 Å². The molecule has 2 rings (SSSR count). The van der Waals surface area contributed by atoms with E-state index in [0.29, 0.717) is 13.0 Å². The molecule has 1 atom stereocenters. The predicted octanol–water partition coefficient (Wildman–Crippen LogP) is 1.02. The van der Waals surface area contributed by atoms with Gasteiger partial charge in [0.15, 0.2) is 0 Å². The first kappa shape index (κ1) is 10.1. The number of fused-ring (bicyclic) bond motifs is 1. The summed E-state index contributed by atoms with van der Waals surface area (Å²) in [6.45, 7) is 2.38. The standard InChI is InChI=1S/C11H15N3O/c1-8-11(9(15)5-6-12)14-7-3-2-4-10(14)13-8/h2-4,7,9,15H,5-6,12H2,1H3. The Morgan fingerprint density at radius 2 is 2.33 bits per heavy atom. The number of rotatable bonds is 3. The second-order valence-corrected chi connectivity index (χ2v) is 3.60. The number of nitrogens with zero attached hydrogens (tertiary/aromatic N) is 2. The third kappa shape index (κ3) is 1.73. The van der Waals surface area contributed by atoms with Crippen LogP contribution in [0, 0.1) is 6.92 Å². The van der Waals surface area contributed by atoms with E-state index in [1.165, 1.54) is 0 Å². The summed E-state index contributed by atoms with van der Waals surface area (Å²) in [6, 6.07) is 5.78. The van der Waals surface area contributed by atoms with E-state index in [1.807, 2.05) is 35.7 Å². The van der Waals surface area contributed by atoms with Crippen LogP contribution in [-0.4, -0.2) is 21.0 Å². The fourth-order valence-electron chi connectivity index (χ4n) is 1.83. The van der Waals surface area contributed by atoms with Gasteiger partial charge >= 0.3 is 0 Å². The quantitative estimate of drug-likeness (QED) is 0.786. The number of aromatic nitrogens is 2. The molecule has 1 unspecified atom stereocenters. The van der Waals surface area contributed by atoms with Crippen molar-refractivity contribution in [2.45, 2.75) is 19.4 Å². The van der Waals surface area contributed by atoms with Gasteiger partial charge in [0.2, 0.25) is 0 Å². The molecule has 0 amide bonds. The Bertz CT molecular complexity index is 464. The number of imidazole rings is 1. The molecule has 0 aliphatic carbocycles. The van der Waals surface area contributed by atoms with Crippen LogP contribution >= 0.6 is 0 Å². The molecule has 4 nitrogen and oxygen atoms in total. The molecule has 4 heteroatoms. The highest BCUT2D eigenvalue weighted by atomic mass is 16.3. The minimum atomic E-state index is -0.535. The number of pyridine rings is 1. The zero-order chi connectivity index (χ0) is 10.8. The lowest BCUT2D eigenvalue weighted by Gasteiger charge is -2.09. The maximum absolute atomic E-state index is 9.95. The van der Waals surface area contributed by atoms with Gasteiger partial charge in [-0.2, -0.15) is 0 Å². The lowest BCUT2D eigenvalue weighted by Crippen LogP contribution is -2.09. The summed E-state index contributed by atoms with van der Waals surface area (Å²) in [6.07, 6.45) is 1.93. The summed E-state index contributed by atoms with van der Waals surface area (Å²) in [5.74, 6) is 0. The highest BCUT2D eigenvalue weighted by Crippen LogP contribution is 2.21. The topological polar surface area (TPSA) is 63.5 Å². The van der Waals surface area contributed by atoms with Gasteiger partial charge < -0.3 is 15.2 Å². The highest BCUT2D eigenvalue weighted by molar-refractivity contribution is 5.43. The van der Waals surface area contributed by atoms with Gasteiger partial charge in [-0.25, -0.2) is 4.98 Å². The first-order valence-electron chi connectivity index (χ1n) is 5.05. The van der Waals surface area contributed by atoms with Crippen LogP contribution in [0.1, 0.15) is 23.9 Å². The fourth-order valence-corrected chi connectivity index (χ4v) is 1.83. The third-order valence-electron chi connectivity index (χ3n) is 2.51. The van der Waals surface area contributed by atoms with E-state index in [0.717, 1.165) is 17.0 Å². The SMILES string of the molecule is Cc1nc2ccccn2c1C(O)CCN. The summed E-state index contributed by atoms with van der Waals surface area (Å²) in [5, 5.41) is 9.95. The number of nitrogens with two attached hydrogens (primary N) is 1. The Morgan fingerprint density at radius 1 is 1.53 bits per heavy atom. The second kappa shape index (κ2) is 4.00. The van der Waals surface area contributed by atoms with Crippen LogP contribution in [0.15, 0.2) is 24.4 Å². The molecular formula is C11H15N3O. The molecule has 80 valence electrons. The number of hydrogen-bond acceptors (Lipinski definition) is 3. The fraction of sp³-hybridized carbons (Fsp3) is 0.364. The Morgan fingerprint density at radius 3 is 3.07 bits per heavy atom. The molecule has 0 aliphatic heterocycles. The molecule has 2 heterocycles. The highest BCUT2D eigenvalue weighted by Gasteiger charge is 2.15. The lowest BCUT2D eigenvalue weighted by molar-refractivity contribution is 0.164. The Balaban J connectivity index is 2.53. The number of aliphatic hydroxyl groups is 1. The zero-order valence-electron chi connectivity index (χ0n) is 8.72. The van der Waals surface area contributed by atoms with Crippen LogP contribution in [0.5, 0.6) is 0 Å². The van der Waals surface area contributed by atoms with Crippen LogP contribution < -0.4 is 5.73 Å². The maximum atomic E-state index is 9.95. The van der Waals surface area contributed by atoms with E-state index in [9.17, 15) is 5.11 Å². The molecular weight excluding hydrogens is 190 g/mol. The number of aryl methyl sites for hydroxylation is 1. The van der Waals surface area contributed by atoms with Gasteiger partial charge in [0.05, 0.1) is 17.5 Å². The van der Waals surface area contributed by atoms with Crippen molar-refractivity contribution >= 4 is 5.65 Å². The van der Waals surface area contributed by atoms with Crippen molar-refractivity contribution in [3.63, 3.8) is 0 Å². The van der Waals surface area contributed by atoms with Gasteiger partial charge in [-0.05, 0) is 32.0 Å². The average Bonchev–Trinajstić information content (AvgIpc) is 2.54. The van der Waals surface area contributed by atoms with Gasteiger partial charge in [0.1, 0.15) is 5.65 Å². The smallest absolute Gasteiger partial charge is 0.137 e. The molecule has 0 fully saturated rings. The van der Waals surface area contributed by atoms with Crippen LogP contribution in [0.25, 0.3) is 5.65 Å². The molecule has 0 bridgehead atoms. The maximum Gasteiger partial charge on any atom is 0.137 e. The Labute approximate surface area is 88.4 Å². The van der Waals surface area contributed by atoms with Crippen molar-refractivity contribution in [1.82, 2.24) is 9.38 Å². The molecule has 0 aromatic carbocycles. The van der Waals surface area contributed by atoms with Crippen molar-refractivity contribution in [2.24, 2.45) is 5.73 Å². The van der Waals surface area contributed by atoms with E-state index >= 15 is 0 Å². The number of hydrogen-bond donors (Lipinski definition) is 2. The summed E-state index contributed by atoms with van der Waals surface area (Å²) >= 11 is 0. The zero-order valence-corrected chi connectivity index (χ0v) is 8.72. The van der Waals surface area contributed by atoms with E-state index < -0.39 is 6.10 Å². The molecule has 0 spiro atoms. The molecule has 0 radical (unpaired) electrons. The summed E-state index contributed by atoms with van der Waals surface area (Å²) in [5.41, 5.74) is 8.01.